The highest BCUT2D eigenvalue weighted by Crippen LogP contribution is 2.33. The maximum Gasteiger partial charge on any atom is 0.235 e. The Balaban J connectivity index is 1.61. The third-order valence-corrected chi connectivity index (χ3v) is 5.59. The third-order valence-electron chi connectivity index (χ3n) is 5.59. The average Bonchev–Trinajstić information content (AvgIpc) is 3.11. The van der Waals surface area contributed by atoms with Crippen molar-refractivity contribution in [3.63, 3.8) is 0 Å². The van der Waals surface area contributed by atoms with Crippen LogP contribution < -0.4 is 10.1 Å². The van der Waals surface area contributed by atoms with Crippen molar-refractivity contribution in [2.24, 2.45) is 0 Å². The number of hydrogen-bond acceptors (Lipinski definition) is 4. The minimum absolute atomic E-state index is 0.0220. The summed E-state index contributed by atoms with van der Waals surface area (Å²) in [4.78, 5) is 14.9. The summed E-state index contributed by atoms with van der Waals surface area (Å²) in [5.41, 5.74) is 0.579. The second-order valence-corrected chi connectivity index (χ2v) is 7.43. The molecule has 0 bridgehead atoms. The lowest BCUT2D eigenvalue weighted by Gasteiger charge is -2.33. The molecule has 1 N–H and O–H groups in total. The summed E-state index contributed by atoms with van der Waals surface area (Å²) in [5, 5.41) is 12.6. The minimum atomic E-state index is -0.649. The Morgan fingerprint density at radius 3 is 2.65 bits per heavy atom. The number of likely N-dealkylation sites (tertiary alicyclic amines) is 1. The predicted molar refractivity (Wildman–Crippen MR) is 101 cm³/mol. The highest BCUT2D eigenvalue weighted by Gasteiger charge is 2.35. The number of amides is 1. The second-order valence-electron chi connectivity index (χ2n) is 7.43. The first-order chi connectivity index (χ1) is 12.7. The molecule has 2 fully saturated rings. The van der Waals surface area contributed by atoms with Crippen LogP contribution in [0.1, 0.15) is 63.5 Å². The summed E-state index contributed by atoms with van der Waals surface area (Å²) in [6.45, 7) is 3.92. The Morgan fingerprint density at radius 2 is 2.00 bits per heavy atom. The van der Waals surface area contributed by atoms with Gasteiger partial charge in [0.15, 0.2) is 0 Å². The molecule has 1 unspecified atom stereocenters. The molecule has 1 aliphatic carbocycles. The van der Waals surface area contributed by atoms with E-state index in [0.29, 0.717) is 13.2 Å². The lowest BCUT2D eigenvalue weighted by Crippen LogP contribution is -2.51. The van der Waals surface area contributed by atoms with Crippen molar-refractivity contribution in [3.05, 3.63) is 29.8 Å². The van der Waals surface area contributed by atoms with Crippen LogP contribution in [-0.2, 0) is 4.79 Å². The highest BCUT2D eigenvalue weighted by atomic mass is 16.5. The summed E-state index contributed by atoms with van der Waals surface area (Å²) < 4.78 is 5.51. The molecule has 1 aliphatic heterocycles. The highest BCUT2D eigenvalue weighted by molar-refractivity contribution is 5.79. The van der Waals surface area contributed by atoms with Gasteiger partial charge in [-0.15, -0.1) is 0 Å². The van der Waals surface area contributed by atoms with E-state index in [1.807, 2.05) is 19.1 Å². The molecule has 1 saturated carbocycles. The summed E-state index contributed by atoms with van der Waals surface area (Å²) >= 11 is 0. The van der Waals surface area contributed by atoms with E-state index in [2.05, 4.69) is 28.4 Å². The fraction of sp³-hybridized carbons (Fsp3) is 0.619. The van der Waals surface area contributed by atoms with Crippen LogP contribution in [0.4, 0.5) is 0 Å². The first kappa shape index (κ1) is 18.7. The number of nitrogens with zero attached hydrogens (tertiary/aromatic N) is 2. The Hall–Kier alpha value is -2.06. The van der Waals surface area contributed by atoms with Crippen LogP contribution in [0.3, 0.4) is 0 Å². The van der Waals surface area contributed by atoms with Gasteiger partial charge in [-0.3, -0.25) is 9.69 Å². The molecule has 26 heavy (non-hydrogen) atoms. The van der Waals surface area contributed by atoms with Gasteiger partial charge in [0.1, 0.15) is 11.3 Å². The fourth-order valence-corrected chi connectivity index (χ4v) is 4.26. The Morgan fingerprint density at radius 1 is 1.27 bits per heavy atom. The number of carbonyl (C=O) groups is 1. The molecule has 0 radical (unpaired) electrons. The molecule has 140 valence electrons. The topological polar surface area (TPSA) is 65.4 Å². The van der Waals surface area contributed by atoms with Gasteiger partial charge < -0.3 is 10.1 Å². The van der Waals surface area contributed by atoms with E-state index in [0.717, 1.165) is 57.2 Å². The van der Waals surface area contributed by atoms with Gasteiger partial charge in [0.2, 0.25) is 5.91 Å². The van der Waals surface area contributed by atoms with Crippen molar-refractivity contribution in [2.75, 3.05) is 19.7 Å². The molecule has 3 rings (SSSR count). The Bertz CT molecular complexity index is 644. The van der Waals surface area contributed by atoms with E-state index in [1.165, 1.54) is 5.56 Å². The number of benzene rings is 1. The normalized spacial score (nSPS) is 22.5. The third kappa shape index (κ3) is 4.37. The van der Waals surface area contributed by atoms with Crippen molar-refractivity contribution < 1.29 is 9.53 Å². The summed E-state index contributed by atoms with van der Waals surface area (Å²) in [7, 11) is 0. The molecule has 1 aromatic carbocycles. The molecule has 2 aliphatic rings. The molecule has 0 aromatic heterocycles. The molecule has 1 heterocycles. The number of hydrogen-bond donors (Lipinski definition) is 1. The average molecular weight is 355 g/mol. The zero-order valence-corrected chi connectivity index (χ0v) is 15.7. The van der Waals surface area contributed by atoms with Crippen molar-refractivity contribution in [2.45, 2.75) is 63.5 Å². The number of rotatable bonds is 6. The molecule has 1 aromatic rings. The van der Waals surface area contributed by atoms with Gasteiger partial charge in [-0.25, -0.2) is 0 Å². The maximum absolute atomic E-state index is 12.6. The largest absolute Gasteiger partial charge is 0.494 e. The van der Waals surface area contributed by atoms with E-state index in [4.69, 9.17) is 4.74 Å². The van der Waals surface area contributed by atoms with Crippen LogP contribution in [-0.4, -0.2) is 36.0 Å². The van der Waals surface area contributed by atoms with Crippen LogP contribution >= 0.6 is 0 Å². The first-order valence-corrected chi connectivity index (χ1v) is 9.85. The summed E-state index contributed by atoms with van der Waals surface area (Å²) in [5.74, 6) is 0.859. The van der Waals surface area contributed by atoms with Crippen molar-refractivity contribution in [1.29, 1.82) is 5.26 Å². The molecule has 1 amide bonds. The van der Waals surface area contributed by atoms with Gasteiger partial charge in [-0.1, -0.05) is 31.4 Å². The number of nitrogens with one attached hydrogen (secondary N) is 1. The molecule has 0 spiro atoms. The van der Waals surface area contributed by atoms with Crippen molar-refractivity contribution in [3.8, 4) is 11.8 Å². The smallest absolute Gasteiger partial charge is 0.235 e. The zero-order chi connectivity index (χ0) is 18.4. The zero-order valence-electron chi connectivity index (χ0n) is 15.7. The van der Waals surface area contributed by atoms with E-state index in [1.54, 1.807) is 0 Å². The first-order valence-electron chi connectivity index (χ1n) is 9.85. The van der Waals surface area contributed by atoms with Crippen molar-refractivity contribution >= 4 is 5.91 Å². The quantitative estimate of drug-likeness (QED) is 0.847. The SMILES string of the molecule is CCOc1ccc(C2CCCN2CC(=O)NC2(C#N)CCCCC2)cc1. The summed E-state index contributed by atoms with van der Waals surface area (Å²) in [6, 6.07) is 10.8. The van der Waals surface area contributed by atoms with Crippen molar-refractivity contribution in [1.82, 2.24) is 10.2 Å². The molecule has 1 atom stereocenters. The lowest BCUT2D eigenvalue weighted by atomic mass is 9.83. The fourth-order valence-electron chi connectivity index (χ4n) is 4.26. The standard InChI is InChI=1S/C21H29N3O2/c1-2-26-18-10-8-17(9-11-18)19-7-6-14-24(19)15-20(25)23-21(16-22)12-4-3-5-13-21/h8-11,19H,2-7,12-15H2,1H3,(H,23,25). The molecular weight excluding hydrogens is 326 g/mol. The van der Waals surface area contributed by atoms with Gasteiger partial charge in [-0.2, -0.15) is 5.26 Å². The lowest BCUT2D eigenvalue weighted by molar-refractivity contribution is -0.124. The van der Waals surface area contributed by atoms with E-state index >= 15 is 0 Å². The number of nitriles is 1. The Labute approximate surface area is 156 Å². The van der Waals surface area contributed by atoms with Crippen LogP contribution in [0.5, 0.6) is 5.75 Å². The van der Waals surface area contributed by atoms with Gasteiger partial charge in [0.25, 0.3) is 0 Å². The van der Waals surface area contributed by atoms with Crippen LogP contribution in [0.2, 0.25) is 0 Å². The van der Waals surface area contributed by atoms with E-state index < -0.39 is 5.54 Å². The van der Waals surface area contributed by atoms with E-state index in [9.17, 15) is 10.1 Å². The molecule has 5 heteroatoms. The molecule has 5 nitrogen and oxygen atoms in total. The van der Waals surface area contributed by atoms with Crippen LogP contribution in [0.15, 0.2) is 24.3 Å². The van der Waals surface area contributed by atoms with Gasteiger partial charge >= 0.3 is 0 Å². The van der Waals surface area contributed by atoms with Gasteiger partial charge in [-0.05, 0) is 56.8 Å². The van der Waals surface area contributed by atoms with Gasteiger partial charge in [0, 0.05) is 6.04 Å². The second kappa shape index (κ2) is 8.55. The van der Waals surface area contributed by atoms with Gasteiger partial charge in [0.05, 0.1) is 19.2 Å². The predicted octanol–water partition coefficient (Wildman–Crippen LogP) is 3.56. The molecule has 1 saturated heterocycles. The molecular formula is C21H29N3O2. The maximum atomic E-state index is 12.6. The number of ether oxygens (including phenoxy) is 1. The van der Waals surface area contributed by atoms with E-state index in [-0.39, 0.29) is 11.9 Å². The number of carbonyl (C=O) groups excluding carboxylic acids is 1. The van der Waals surface area contributed by atoms with Crippen LogP contribution in [0.25, 0.3) is 0 Å². The Kier molecular flexibility index (Phi) is 6.16. The minimum Gasteiger partial charge on any atom is -0.494 e. The monoisotopic (exact) mass is 355 g/mol. The summed E-state index contributed by atoms with van der Waals surface area (Å²) in [6.07, 6.45) is 6.90. The van der Waals surface area contributed by atoms with Crippen LogP contribution in [0, 0.1) is 11.3 Å².